The number of anilines is 1. The van der Waals surface area contributed by atoms with E-state index in [-0.39, 0.29) is 5.91 Å². The number of rotatable bonds is 6. The van der Waals surface area contributed by atoms with E-state index in [9.17, 15) is 4.79 Å². The largest absolute Gasteiger partial charge is 0.494 e. The van der Waals surface area contributed by atoms with Gasteiger partial charge in [-0.15, -0.1) is 0 Å². The minimum absolute atomic E-state index is 0.168. The molecule has 1 fully saturated rings. The predicted molar refractivity (Wildman–Crippen MR) is 113 cm³/mol. The van der Waals surface area contributed by atoms with Crippen LogP contribution in [0.5, 0.6) is 17.2 Å². The molecule has 7 heteroatoms. The summed E-state index contributed by atoms with van der Waals surface area (Å²) in [6.07, 6.45) is 1.77. The van der Waals surface area contributed by atoms with Crippen LogP contribution in [-0.4, -0.2) is 31.1 Å². The van der Waals surface area contributed by atoms with Crippen molar-refractivity contribution in [3.05, 3.63) is 52.9 Å². The molecule has 1 saturated heterocycles. The zero-order chi connectivity index (χ0) is 19.4. The van der Waals surface area contributed by atoms with Gasteiger partial charge in [-0.2, -0.15) is 0 Å². The monoisotopic (exact) mass is 401 g/mol. The fourth-order valence-electron chi connectivity index (χ4n) is 2.72. The van der Waals surface area contributed by atoms with Gasteiger partial charge in [-0.3, -0.25) is 9.69 Å². The lowest BCUT2D eigenvalue weighted by Gasteiger charge is -2.15. The van der Waals surface area contributed by atoms with Crippen molar-refractivity contribution < 1.29 is 19.0 Å². The molecule has 5 nitrogen and oxygen atoms in total. The normalized spacial score (nSPS) is 15.4. The Morgan fingerprint density at radius 3 is 2.48 bits per heavy atom. The SMILES string of the molecule is CCOc1ccc(N2C(=O)/C(=C\c3cccc(OC)c3OC)SC2=S)cc1. The van der Waals surface area contributed by atoms with Gasteiger partial charge < -0.3 is 14.2 Å². The van der Waals surface area contributed by atoms with E-state index in [1.807, 2.05) is 43.3 Å². The van der Waals surface area contributed by atoms with E-state index in [0.29, 0.717) is 33.0 Å². The summed E-state index contributed by atoms with van der Waals surface area (Å²) < 4.78 is 16.7. The maximum atomic E-state index is 12.9. The van der Waals surface area contributed by atoms with Crippen LogP contribution in [0.4, 0.5) is 5.69 Å². The molecule has 1 amide bonds. The topological polar surface area (TPSA) is 48.0 Å². The molecular formula is C20H19NO4S2. The molecule has 27 heavy (non-hydrogen) atoms. The Morgan fingerprint density at radius 1 is 1.11 bits per heavy atom. The molecule has 0 spiro atoms. The molecule has 0 aliphatic carbocycles. The van der Waals surface area contributed by atoms with Crippen LogP contribution in [0.15, 0.2) is 47.4 Å². The molecule has 0 atom stereocenters. The van der Waals surface area contributed by atoms with Crippen LogP contribution in [0.2, 0.25) is 0 Å². The van der Waals surface area contributed by atoms with E-state index in [1.54, 1.807) is 26.4 Å². The maximum Gasteiger partial charge on any atom is 0.270 e. The number of carbonyl (C=O) groups is 1. The summed E-state index contributed by atoms with van der Waals surface area (Å²) in [5.41, 5.74) is 1.46. The molecule has 0 unspecified atom stereocenters. The number of nitrogens with zero attached hydrogens (tertiary/aromatic N) is 1. The number of benzene rings is 2. The van der Waals surface area contributed by atoms with E-state index in [4.69, 9.17) is 26.4 Å². The lowest BCUT2D eigenvalue weighted by atomic mass is 10.1. The number of hydrogen-bond acceptors (Lipinski definition) is 6. The van der Waals surface area contributed by atoms with Crippen LogP contribution in [-0.2, 0) is 4.79 Å². The Hall–Kier alpha value is -2.51. The number of ether oxygens (including phenoxy) is 3. The summed E-state index contributed by atoms with van der Waals surface area (Å²) in [4.78, 5) is 15.0. The molecule has 0 radical (unpaired) electrons. The first-order chi connectivity index (χ1) is 13.1. The Labute approximate surface area is 167 Å². The number of hydrogen-bond donors (Lipinski definition) is 0. The molecule has 2 aromatic carbocycles. The van der Waals surface area contributed by atoms with Crippen molar-refractivity contribution in [1.82, 2.24) is 0 Å². The lowest BCUT2D eigenvalue weighted by molar-refractivity contribution is -0.113. The zero-order valence-electron chi connectivity index (χ0n) is 15.2. The number of thiocarbonyl (C=S) groups is 1. The third-order valence-electron chi connectivity index (χ3n) is 3.92. The molecule has 3 rings (SSSR count). The smallest absolute Gasteiger partial charge is 0.270 e. The summed E-state index contributed by atoms with van der Waals surface area (Å²) in [7, 11) is 3.15. The van der Waals surface area contributed by atoms with Crippen LogP contribution in [0.3, 0.4) is 0 Å². The Balaban J connectivity index is 1.91. The van der Waals surface area contributed by atoms with Crippen molar-refractivity contribution in [3.8, 4) is 17.2 Å². The van der Waals surface area contributed by atoms with Crippen molar-refractivity contribution in [1.29, 1.82) is 0 Å². The minimum atomic E-state index is -0.168. The van der Waals surface area contributed by atoms with E-state index in [0.717, 1.165) is 11.3 Å². The fraction of sp³-hybridized carbons (Fsp3) is 0.200. The molecule has 140 valence electrons. The number of methoxy groups -OCH3 is 2. The molecule has 0 bridgehead atoms. The fourth-order valence-corrected chi connectivity index (χ4v) is 4.01. The van der Waals surface area contributed by atoms with Crippen molar-refractivity contribution >= 4 is 46.0 Å². The van der Waals surface area contributed by atoms with Crippen molar-refractivity contribution in [3.63, 3.8) is 0 Å². The zero-order valence-corrected chi connectivity index (χ0v) is 16.9. The molecule has 1 aliphatic rings. The average Bonchev–Trinajstić information content (AvgIpc) is 2.96. The molecule has 1 heterocycles. The van der Waals surface area contributed by atoms with Gasteiger partial charge in [0.1, 0.15) is 5.75 Å². The molecule has 0 N–H and O–H groups in total. The lowest BCUT2D eigenvalue weighted by Crippen LogP contribution is -2.27. The number of amides is 1. The number of thioether (sulfide) groups is 1. The summed E-state index contributed by atoms with van der Waals surface area (Å²) >= 11 is 6.69. The highest BCUT2D eigenvalue weighted by Gasteiger charge is 2.33. The minimum Gasteiger partial charge on any atom is -0.494 e. The Kier molecular flexibility index (Phi) is 6.03. The van der Waals surface area contributed by atoms with Gasteiger partial charge in [0.05, 0.1) is 31.4 Å². The predicted octanol–water partition coefficient (Wildman–Crippen LogP) is 4.51. The molecule has 0 saturated carbocycles. The second-order valence-electron chi connectivity index (χ2n) is 5.53. The summed E-state index contributed by atoms with van der Waals surface area (Å²) in [6, 6.07) is 12.8. The number of para-hydroxylation sites is 1. The molecular weight excluding hydrogens is 382 g/mol. The highest BCUT2D eigenvalue weighted by molar-refractivity contribution is 8.27. The van der Waals surface area contributed by atoms with Crippen molar-refractivity contribution in [2.45, 2.75) is 6.92 Å². The van der Waals surface area contributed by atoms with E-state index >= 15 is 0 Å². The highest BCUT2D eigenvalue weighted by atomic mass is 32.2. The quantitative estimate of drug-likeness (QED) is 0.524. The van der Waals surface area contributed by atoms with Crippen LogP contribution >= 0.6 is 24.0 Å². The van der Waals surface area contributed by atoms with Gasteiger partial charge in [-0.05, 0) is 43.3 Å². The van der Waals surface area contributed by atoms with Gasteiger partial charge in [-0.1, -0.05) is 36.1 Å². The third-order valence-corrected chi connectivity index (χ3v) is 5.22. The average molecular weight is 402 g/mol. The van der Waals surface area contributed by atoms with Crippen LogP contribution in [0.25, 0.3) is 6.08 Å². The van der Waals surface area contributed by atoms with Gasteiger partial charge in [0, 0.05) is 5.56 Å². The van der Waals surface area contributed by atoms with Gasteiger partial charge in [0.2, 0.25) is 0 Å². The van der Waals surface area contributed by atoms with Gasteiger partial charge in [0.15, 0.2) is 15.8 Å². The third kappa shape index (κ3) is 3.94. The van der Waals surface area contributed by atoms with Gasteiger partial charge in [-0.25, -0.2) is 0 Å². The Bertz CT molecular complexity index is 893. The Morgan fingerprint density at radius 2 is 1.85 bits per heavy atom. The molecule has 1 aliphatic heterocycles. The first kappa shape index (κ1) is 19.3. The maximum absolute atomic E-state index is 12.9. The summed E-state index contributed by atoms with van der Waals surface area (Å²) in [5.74, 6) is 1.77. The number of carbonyl (C=O) groups excluding carboxylic acids is 1. The van der Waals surface area contributed by atoms with Crippen LogP contribution in [0.1, 0.15) is 12.5 Å². The van der Waals surface area contributed by atoms with Crippen molar-refractivity contribution in [2.75, 3.05) is 25.7 Å². The molecule has 0 aromatic heterocycles. The van der Waals surface area contributed by atoms with Gasteiger partial charge >= 0.3 is 0 Å². The summed E-state index contributed by atoms with van der Waals surface area (Å²) in [5, 5.41) is 0. The summed E-state index contributed by atoms with van der Waals surface area (Å²) in [6.45, 7) is 2.51. The standard InChI is InChI=1S/C20H19NO4S2/c1-4-25-15-10-8-14(9-11-15)21-19(22)17(27-20(21)26)12-13-6-5-7-16(23-2)18(13)24-3/h5-12H,4H2,1-3H3/b17-12+. The van der Waals surface area contributed by atoms with Crippen LogP contribution < -0.4 is 19.1 Å². The van der Waals surface area contributed by atoms with E-state index < -0.39 is 0 Å². The van der Waals surface area contributed by atoms with E-state index in [2.05, 4.69) is 0 Å². The van der Waals surface area contributed by atoms with Crippen LogP contribution in [0, 0.1) is 0 Å². The first-order valence-corrected chi connectivity index (χ1v) is 9.53. The van der Waals surface area contributed by atoms with Crippen molar-refractivity contribution in [2.24, 2.45) is 0 Å². The second kappa shape index (κ2) is 8.45. The molecule has 2 aromatic rings. The van der Waals surface area contributed by atoms with Gasteiger partial charge in [0.25, 0.3) is 5.91 Å². The van der Waals surface area contributed by atoms with E-state index in [1.165, 1.54) is 16.7 Å². The first-order valence-electron chi connectivity index (χ1n) is 8.30. The highest BCUT2D eigenvalue weighted by Crippen LogP contribution is 2.39. The second-order valence-corrected chi connectivity index (χ2v) is 7.20.